The highest BCUT2D eigenvalue weighted by Crippen LogP contribution is 2.28. The molecule has 0 spiro atoms. The number of nitrogens with one attached hydrogen (secondary N) is 1. The average molecular weight is 506 g/mol. The third-order valence-corrected chi connectivity index (χ3v) is 5.76. The number of para-hydroxylation sites is 1. The zero-order valence-corrected chi connectivity index (χ0v) is 24.0. The molecular weight excluding hydrogens is 458 g/mol. The van der Waals surface area contributed by atoms with Gasteiger partial charge in [0.15, 0.2) is 5.82 Å². The lowest BCUT2D eigenvalue weighted by Crippen LogP contribution is -2.24. The van der Waals surface area contributed by atoms with E-state index in [-0.39, 0.29) is 17.7 Å². The van der Waals surface area contributed by atoms with Crippen LogP contribution in [0.4, 0.5) is 5.82 Å². The predicted molar refractivity (Wildman–Crippen MR) is 157 cm³/mol. The number of anilines is 1. The van der Waals surface area contributed by atoms with Gasteiger partial charge >= 0.3 is 0 Å². The Balaban J connectivity index is 0.00000127. The van der Waals surface area contributed by atoms with Crippen molar-refractivity contribution < 1.29 is 9.59 Å². The Labute approximate surface area is 224 Å². The fourth-order valence-corrected chi connectivity index (χ4v) is 3.87. The van der Waals surface area contributed by atoms with Gasteiger partial charge in [-0.25, -0.2) is 4.68 Å². The maximum absolute atomic E-state index is 12.9. The molecule has 1 N–H and O–H groups in total. The molecule has 37 heavy (non-hydrogen) atoms. The Morgan fingerprint density at radius 3 is 2.27 bits per heavy atom. The fourth-order valence-electron chi connectivity index (χ4n) is 3.87. The first-order valence-electron chi connectivity index (χ1n) is 14.0. The van der Waals surface area contributed by atoms with E-state index in [2.05, 4.69) is 50.4 Å². The van der Waals surface area contributed by atoms with E-state index in [1.54, 1.807) is 0 Å². The van der Waals surface area contributed by atoms with Gasteiger partial charge in [-0.2, -0.15) is 0 Å². The summed E-state index contributed by atoms with van der Waals surface area (Å²) in [5, 5.41) is 7.70. The van der Waals surface area contributed by atoms with Gasteiger partial charge in [0.25, 0.3) is 0 Å². The van der Waals surface area contributed by atoms with Crippen molar-refractivity contribution in [1.29, 1.82) is 0 Å². The van der Waals surface area contributed by atoms with Gasteiger partial charge in [0.2, 0.25) is 5.91 Å². The molecular formula is C32H47N3O2. The molecule has 0 aliphatic carbocycles. The summed E-state index contributed by atoms with van der Waals surface area (Å²) in [6, 6.07) is 20.4. The van der Waals surface area contributed by atoms with Crippen LogP contribution in [-0.4, -0.2) is 22.0 Å². The Kier molecular flexibility index (Phi) is 15.6. The third kappa shape index (κ3) is 10.4. The number of hydrogen-bond acceptors (Lipinski definition) is 3. The molecule has 0 fully saturated rings. The standard InChI is InChI=1S/C27H33N3O2.C3H8.C2H6/c1-4-6-11-21-12-10-13-23(17-21)25-18-26(29-30(25)24-14-8-7-9-15-24)28-27(32)22(5-2)16-20(3)19-31;1-3-2;1-2/h7-10,12-15,17-20,22H,4-6,11,16H2,1-3H3,(H,28,29,32);3H2,1-2H3;1-2H3. The van der Waals surface area contributed by atoms with Gasteiger partial charge in [-0.15, -0.1) is 5.10 Å². The summed E-state index contributed by atoms with van der Waals surface area (Å²) < 4.78 is 1.88. The molecule has 0 aliphatic rings. The lowest BCUT2D eigenvalue weighted by molar-refractivity contribution is -0.120. The lowest BCUT2D eigenvalue weighted by atomic mass is 9.94. The average Bonchev–Trinajstić information content (AvgIpc) is 3.36. The first-order valence-corrected chi connectivity index (χ1v) is 14.0. The third-order valence-electron chi connectivity index (χ3n) is 5.76. The minimum Gasteiger partial charge on any atom is -0.309 e. The highest BCUT2D eigenvalue weighted by atomic mass is 16.2. The molecule has 0 radical (unpaired) electrons. The summed E-state index contributed by atoms with van der Waals surface area (Å²) in [6.45, 7) is 14.3. The quantitative estimate of drug-likeness (QED) is 0.266. The zero-order chi connectivity index (χ0) is 27.6. The van der Waals surface area contributed by atoms with E-state index in [0.717, 1.165) is 42.5 Å². The molecule has 2 aromatic carbocycles. The molecule has 3 aromatic rings. The van der Waals surface area contributed by atoms with Gasteiger partial charge in [0.1, 0.15) is 6.29 Å². The maximum Gasteiger partial charge on any atom is 0.228 e. The monoisotopic (exact) mass is 505 g/mol. The molecule has 1 aromatic heterocycles. The number of carbonyl (C=O) groups is 2. The molecule has 1 heterocycles. The molecule has 0 aliphatic heterocycles. The number of carbonyl (C=O) groups excluding carboxylic acids is 2. The largest absolute Gasteiger partial charge is 0.309 e. The summed E-state index contributed by atoms with van der Waals surface area (Å²) in [5.74, 6) is 0.0547. The molecule has 0 bridgehead atoms. The van der Waals surface area contributed by atoms with Gasteiger partial charge in [-0.3, -0.25) is 4.79 Å². The Bertz CT molecular complexity index is 1040. The normalized spacial score (nSPS) is 11.8. The van der Waals surface area contributed by atoms with Gasteiger partial charge in [-0.05, 0) is 49.4 Å². The van der Waals surface area contributed by atoms with Crippen molar-refractivity contribution in [2.45, 2.75) is 87.0 Å². The van der Waals surface area contributed by atoms with Crippen LogP contribution in [0.15, 0.2) is 60.7 Å². The Morgan fingerprint density at radius 1 is 1.00 bits per heavy atom. The van der Waals surface area contributed by atoms with Crippen LogP contribution in [0.25, 0.3) is 16.9 Å². The van der Waals surface area contributed by atoms with Crippen molar-refractivity contribution in [3.05, 3.63) is 66.2 Å². The number of nitrogens with zero attached hydrogens (tertiary/aromatic N) is 2. The molecule has 2 unspecified atom stereocenters. The van der Waals surface area contributed by atoms with Crippen molar-refractivity contribution in [1.82, 2.24) is 9.78 Å². The second-order valence-corrected chi connectivity index (χ2v) is 9.12. The van der Waals surface area contributed by atoms with E-state index in [0.29, 0.717) is 18.7 Å². The number of aldehydes is 1. The van der Waals surface area contributed by atoms with Crippen molar-refractivity contribution in [2.24, 2.45) is 11.8 Å². The van der Waals surface area contributed by atoms with E-state index < -0.39 is 0 Å². The van der Waals surface area contributed by atoms with Crippen LogP contribution in [0.1, 0.15) is 86.1 Å². The van der Waals surface area contributed by atoms with Crippen LogP contribution < -0.4 is 5.32 Å². The highest BCUT2D eigenvalue weighted by molar-refractivity contribution is 5.92. The Hall–Kier alpha value is -3.21. The first kappa shape index (κ1) is 31.8. The summed E-state index contributed by atoms with van der Waals surface area (Å²) in [5.41, 5.74) is 4.23. The van der Waals surface area contributed by atoms with Gasteiger partial charge in [-0.1, -0.05) is 97.7 Å². The number of unbranched alkanes of at least 4 members (excludes halogenated alkanes) is 1. The molecule has 5 nitrogen and oxygen atoms in total. The number of rotatable bonds is 11. The fraction of sp³-hybridized carbons (Fsp3) is 0.469. The topological polar surface area (TPSA) is 64.0 Å². The molecule has 1 amide bonds. The second kappa shape index (κ2) is 18.1. The van der Waals surface area contributed by atoms with Crippen LogP contribution in [0.5, 0.6) is 0 Å². The smallest absolute Gasteiger partial charge is 0.228 e. The van der Waals surface area contributed by atoms with Crippen LogP contribution in [-0.2, 0) is 16.0 Å². The summed E-state index contributed by atoms with van der Waals surface area (Å²) in [6.07, 6.45) is 6.72. The number of aryl methyl sites for hydroxylation is 1. The van der Waals surface area contributed by atoms with Crippen molar-refractivity contribution in [3.63, 3.8) is 0 Å². The SMILES string of the molecule is CC.CCC.CCCCc1cccc(-c2cc(NC(=O)C(CC)CC(C)C=O)nn2-c2ccccc2)c1. The summed E-state index contributed by atoms with van der Waals surface area (Å²) in [4.78, 5) is 23.9. The van der Waals surface area contributed by atoms with Gasteiger partial charge in [0, 0.05) is 23.5 Å². The molecule has 3 rings (SSSR count). The van der Waals surface area contributed by atoms with Gasteiger partial charge < -0.3 is 10.1 Å². The van der Waals surface area contributed by atoms with Crippen molar-refractivity contribution >= 4 is 18.0 Å². The van der Waals surface area contributed by atoms with E-state index in [1.165, 1.54) is 12.0 Å². The number of aromatic nitrogens is 2. The van der Waals surface area contributed by atoms with Crippen LogP contribution in [0, 0.1) is 11.8 Å². The van der Waals surface area contributed by atoms with E-state index in [9.17, 15) is 9.59 Å². The van der Waals surface area contributed by atoms with Crippen LogP contribution >= 0.6 is 0 Å². The van der Waals surface area contributed by atoms with Crippen LogP contribution in [0.3, 0.4) is 0 Å². The molecule has 0 saturated heterocycles. The minimum absolute atomic E-state index is 0.0952. The van der Waals surface area contributed by atoms with Gasteiger partial charge in [0.05, 0.1) is 11.4 Å². The summed E-state index contributed by atoms with van der Waals surface area (Å²) >= 11 is 0. The van der Waals surface area contributed by atoms with Crippen LogP contribution in [0.2, 0.25) is 0 Å². The second-order valence-electron chi connectivity index (χ2n) is 9.12. The minimum atomic E-state index is -0.224. The first-order chi connectivity index (χ1) is 18.0. The number of amides is 1. The molecule has 202 valence electrons. The number of benzene rings is 2. The van der Waals surface area contributed by atoms with Crippen molar-refractivity contribution in [2.75, 3.05) is 5.32 Å². The van der Waals surface area contributed by atoms with E-state index in [4.69, 9.17) is 5.10 Å². The highest BCUT2D eigenvalue weighted by Gasteiger charge is 2.21. The summed E-state index contributed by atoms with van der Waals surface area (Å²) in [7, 11) is 0. The maximum atomic E-state index is 12.9. The zero-order valence-electron chi connectivity index (χ0n) is 24.0. The number of hydrogen-bond donors (Lipinski definition) is 1. The van der Waals surface area contributed by atoms with Crippen molar-refractivity contribution in [3.8, 4) is 16.9 Å². The van der Waals surface area contributed by atoms with E-state index >= 15 is 0 Å². The lowest BCUT2D eigenvalue weighted by Gasteiger charge is -2.15. The Morgan fingerprint density at radius 2 is 1.68 bits per heavy atom. The van der Waals surface area contributed by atoms with E-state index in [1.807, 2.05) is 68.8 Å². The molecule has 5 heteroatoms. The molecule has 2 atom stereocenters. The predicted octanol–water partition coefficient (Wildman–Crippen LogP) is 8.51. The molecule has 0 saturated carbocycles.